The van der Waals surface area contributed by atoms with Gasteiger partial charge in [-0.15, -0.1) is 11.3 Å². The molecule has 0 amide bonds. The third-order valence-corrected chi connectivity index (χ3v) is 4.87. The molecule has 4 heteroatoms. The minimum Gasteiger partial charge on any atom is -0.460 e. The molecule has 0 aliphatic rings. The quantitative estimate of drug-likeness (QED) is 0.749. The third-order valence-electron chi connectivity index (χ3n) is 2.89. The van der Waals surface area contributed by atoms with Crippen molar-refractivity contribution in [2.45, 2.75) is 33.3 Å². The van der Waals surface area contributed by atoms with Gasteiger partial charge >= 0.3 is 5.97 Å². The minimum absolute atomic E-state index is 0.0514. The van der Waals surface area contributed by atoms with Crippen LogP contribution in [0.25, 0.3) is 10.1 Å². The number of fused-ring (bicyclic) bond motifs is 1. The fourth-order valence-corrected chi connectivity index (χ4v) is 3.71. The Labute approximate surface area is 109 Å². The monoisotopic (exact) mass is 268 g/mol. The Hall–Kier alpha value is -0.870. The van der Waals surface area contributed by atoms with Gasteiger partial charge in [-0.3, -0.25) is 4.79 Å². The van der Waals surface area contributed by atoms with E-state index in [9.17, 15) is 4.79 Å². The molecule has 0 atom stereocenters. The summed E-state index contributed by atoms with van der Waals surface area (Å²) < 4.78 is 6.63. The first-order valence-electron chi connectivity index (χ1n) is 5.85. The van der Waals surface area contributed by atoms with Crippen LogP contribution in [-0.4, -0.2) is 5.97 Å². The summed E-state index contributed by atoms with van der Waals surface area (Å²) in [6.07, 6.45) is 1.71. The van der Waals surface area contributed by atoms with E-state index in [-0.39, 0.29) is 11.9 Å². The highest BCUT2D eigenvalue weighted by molar-refractivity contribution is 7.22. The van der Waals surface area contributed by atoms with Gasteiger partial charge in [-0.2, -0.15) is 11.3 Å². The van der Waals surface area contributed by atoms with Crippen LogP contribution in [0.3, 0.4) is 0 Å². The van der Waals surface area contributed by atoms with Crippen molar-refractivity contribution in [1.29, 1.82) is 0 Å². The van der Waals surface area contributed by atoms with E-state index < -0.39 is 0 Å². The topological polar surface area (TPSA) is 26.3 Å². The lowest BCUT2D eigenvalue weighted by Crippen LogP contribution is -2.15. The second-order valence-electron chi connectivity index (χ2n) is 4.03. The van der Waals surface area contributed by atoms with Gasteiger partial charge in [0, 0.05) is 20.3 Å². The number of carbonyl (C=O) groups is 1. The van der Waals surface area contributed by atoms with E-state index in [2.05, 4.69) is 16.8 Å². The number of esters is 1. The van der Waals surface area contributed by atoms with Crippen molar-refractivity contribution >= 4 is 38.7 Å². The number of ether oxygens (including phenoxy) is 1. The average Bonchev–Trinajstić information content (AvgIpc) is 2.88. The smallest absolute Gasteiger partial charge is 0.309 e. The Kier molecular flexibility index (Phi) is 4.18. The Morgan fingerprint density at radius 1 is 1.35 bits per heavy atom. The second-order valence-corrected chi connectivity index (χ2v) is 5.94. The molecule has 0 aliphatic heterocycles. The van der Waals surface area contributed by atoms with Crippen LogP contribution in [0.4, 0.5) is 0 Å². The first-order chi connectivity index (χ1) is 8.24. The molecule has 2 heterocycles. The van der Waals surface area contributed by atoms with Gasteiger partial charge in [0.15, 0.2) is 0 Å². The predicted octanol–water partition coefficient (Wildman–Crippen LogP) is 4.44. The van der Waals surface area contributed by atoms with E-state index in [4.69, 9.17) is 4.74 Å². The maximum Gasteiger partial charge on any atom is 0.309 e. The van der Waals surface area contributed by atoms with E-state index >= 15 is 0 Å². The van der Waals surface area contributed by atoms with Gasteiger partial charge in [0.1, 0.15) is 6.61 Å². The van der Waals surface area contributed by atoms with E-state index in [0.717, 1.165) is 17.7 Å². The van der Waals surface area contributed by atoms with Crippen LogP contribution in [0.2, 0.25) is 0 Å². The summed E-state index contributed by atoms with van der Waals surface area (Å²) >= 11 is 3.41. The highest BCUT2D eigenvalue weighted by Crippen LogP contribution is 2.29. The van der Waals surface area contributed by atoms with Gasteiger partial charge in [0.05, 0.1) is 5.92 Å². The van der Waals surface area contributed by atoms with Gasteiger partial charge in [-0.05, 0) is 24.3 Å². The van der Waals surface area contributed by atoms with Crippen molar-refractivity contribution in [3.8, 4) is 0 Å². The van der Waals surface area contributed by atoms with Crippen LogP contribution in [0.1, 0.15) is 31.6 Å². The predicted molar refractivity (Wildman–Crippen MR) is 73.6 cm³/mol. The lowest BCUT2D eigenvalue weighted by Gasteiger charge is -2.10. The van der Waals surface area contributed by atoms with Crippen LogP contribution in [0.15, 0.2) is 16.8 Å². The van der Waals surface area contributed by atoms with Gasteiger partial charge in [-0.25, -0.2) is 0 Å². The van der Waals surface area contributed by atoms with Crippen molar-refractivity contribution in [3.63, 3.8) is 0 Å². The zero-order valence-corrected chi connectivity index (χ0v) is 11.7. The van der Waals surface area contributed by atoms with Crippen LogP contribution < -0.4 is 0 Å². The van der Waals surface area contributed by atoms with Crippen molar-refractivity contribution < 1.29 is 9.53 Å². The summed E-state index contributed by atoms with van der Waals surface area (Å²) in [7, 11) is 0. The summed E-state index contributed by atoms with van der Waals surface area (Å²) in [6, 6.07) is 2.11. The normalized spacial score (nSPS) is 11.2. The van der Waals surface area contributed by atoms with Gasteiger partial charge < -0.3 is 4.74 Å². The molecule has 0 unspecified atom stereocenters. The fourth-order valence-electron chi connectivity index (χ4n) is 1.78. The minimum atomic E-state index is -0.0640. The summed E-state index contributed by atoms with van der Waals surface area (Å²) in [6.45, 7) is 4.46. The van der Waals surface area contributed by atoms with Crippen molar-refractivity contribution in [3.05, 3.63) is 21.7 Å². The summed E-state index contributed by atoms with van der Waals surface area (Å²) in [5, 5.41) is 5.51. The summed E-state index contributed by atoms with van der Waals surface area (Å²) in [4.78, 5) is 12.8. The molecule has 92 valence electrons. The van der Waals surface area contributed by atoms with E-state index in [1.807, 2.05) is 13.8 Å². The number of hydrogen-bond acceptors (Lipinski definition) is 4. The van der Waals surface area contributed by atoms with Crippen molar-refractivity contribution in [1.82, 2.24) is 0 Å². The van der Waals surface area contributed by atoms with Gasteiger partial charge in [0.25, 0.3) is 0 Å². The largest absolute Gasteiger partial charge is 0.460 e. The first kappa shape index (κ1) is 12.6. The molecule has 2 nitrogen and oxygen atoms in total. The molecule has 2 rings (SSSR count). The van der Waals surface area contributed by atoms with E-state index in [1.165, 1.54) is 10.1 Å². The summed E-state index contributed by atoms with van der Waals surface area (Å²) in [5.41, 5.74) is 0. The first-order valence-corrected chi connectivity index (χ1v) is 7.61. The Balaban J connectivity index is 1.94. The molecule has 0 radical (unpaired) electrons. The highest BCUT2D eigenvalue weighted by Gasteiger charge is 2.16. The average molecular weight is 268 g/mol. The lowest BCUT2D eigenvalue weighted by atomic mass is 10.0. The molecule has 0 saturated heterocycles. The molecule has 2 aromatic rings. The fraction of sp³-hybridized carbons (Fsp3) is 0.462. The molecule has 0 saturated carbocycles. The lowest BCUT2D eigenvalue weighted by molar-refractivity contribution is -0.150. The molecule has 0 fully saturated rings. The van der Waals surface area contributed by atoms with E-state index in [1.54, 1.807) is 22.7 Å². The van der Waals surface area contributed by atoms with Crippen LogP contribution >= 0.6 is 22.7 Å². The van der Waals surface area contributed by atoms with Crippen molar-refractivity contribution in [2.75, 3.05) is 0 Å². The van der Waals surface area contributed by atoms with Gasteiger partial charge in [-0.1, -0.05) is 13.8 Å². The molecule has 0 bridgehead atoms. The molecule has 17 heavy (non-hydrogen) atoms. The zero-order chi connectivity index (χ0) is 12.3. The maximum absolute atomic E-state index is 11.7. The van der Waals surface area contributed by atoms with Gasteiger partial charge in [0.2, 0.25) is 0 Å². The summed E-state index contributed by atoms with van der Waals surface area (Å²) in [5.74, 6) is -0.0126. The molecule has 0 N–H and O–H groups in total. The standard InChI is InChI=1S/C13H16O2S2/c1-3-9(4-2)13(14)15-6-11-5-10-7-16-8-12(10)17-11/h5,7-9H,3-4,6H2,1-2H3. The van der Waals surface area contributed by atoms with Crippen molar-refractivity contribution in [2.24, 2.45) is 5.92 Å². The molecule has 0 aliphatic carbocycles. The Morgan fingerprint density at radius 3 is 2.76 bits per heavy atom. The van der Waals surface area contributed by atoms with Crippen LogP contribution in [-0.2, 0) is 16.1 Å². The zero-order valence-electron chi connectivity index (χ0n) is 10.1. The molecule has 0 aromatic carbocycles. The number of hydrogen-bond donors (Lipinski definition) is 0. The SMILES string of the molecule is CCC(CC)C(=O)OCc1cc2cscc2s1. The third kappa shape index (κ3) is 2.87. The molecular formula is C13H16O2S2. The number of carbonyl (C=O) groups excluding carboxylic acids is 1. The maximum atomic E-state index is 11.7. The molecule has 0 spiro atoms. The van der Waals surface area contributed by atoms with Crippen LogP contribution in [0.5, 0.6) is 0 Å². The number of thiophene rings is 2. The Morgan fingerprint density at radius 2 is 2.12 bits per heavy atom. The number of rotatable bonds is 5. The molecule has 2 aromatic heterocycles. The van der Waals surface area contributed by atoms with Crippen LogP contribution in [0, 0.1) is 5.92 Å². The highest BCUT2D eigenvalue weighted by atomic mass is 32.1. The molecular weight excluding hydrogens is 252 g/mol. The second kappa shape index (κ2) is 5.65. The van der Waals surface area contributed by atoms with E-state index in [0.29, 0.717) is 6.61 Å². The Bertz CT molecular complexity index is 466.